The van der Waals surface area contributed by atoms with Gasteiger partial charge in [-0.3, -0.25) is 4.79 Å². The number of carbonyl (C=O) groups excluding carboxylic acids is 1. The molecule has 21 heavy (non-hydrogen) atoms. The SMILES string of the molecule is COCC(CCO)NC(=O)C(C)(C)Oc1ccc(F)cc1. The molecule has 0 heterocycles. The van der Waals surface area contributed by atoms with E-state index in [1.807, 2.05) is 0 Å². The maximum Gasteiger partial charge on any atom is 0.263 e. The summed E-state index contributed by atoms with van der Waals surface area (Å²) >= 11 is 0. The third-order valence-corrected chi connectivity index (χ3v) is 2.91. The highest BCUT2D eigenvalue weighted by molar-refractivity contribution is 5.85. The van der Waals surface area contributed by atoms with Gasteiger partial charge in [0.2, 0.25) is 0 Å². The predicted octanol–water partition coefficient (Wildman–Crippen LogP) is 1.50. The molecule has 0 radical (unpaired) electrons. The molecule has 118 valence electrons. The summed E-state index contributed by atoms with van der Waals surface area (Å²) in [5, 5.41) is 11.7. The summed E-state index contributed by atoms with van der Waals surface area (Å²) < 4.78 is 23.4. The first-order valence-electron chi connectivity index (χ1n) is 6.74. The van der Waals surface area contributed by atoms with Gasteiger partial charge < -0.3 is 19.9 Å². The zero-order chi connectivity index (χ0) is 15.9. The van der Waals surface area contributed by atoms with E-state index in [2.05, 4.69) is 5.32 Å². The van der Waals surface area contributed by atoms with Crippen LogP contribution in [0.5, 0.6) is 5.75 Å². The molecule has 0 aliphatic rings. The van der Waals surface area contributed by atoms with Crippen molar-refractivity contribution in [2.45, 2.75) is 31.9 Å². The summed E-state index contributed by atoms with van der Waals surface area (Å²) in [5.74, 6) is -0.294. The molecule has 0 fully saturated rings. The second kappa shape index (κ2) is 7.95. The molecular weight excluding hydrogens is 277 g/mol. The van der Waals surface area contributed by atoms with Crippen LogP contribution in [0.2, 0.25) is 0 Å². The van der Waals surface area contributed by atoms with Crippen LogP contribution in [0, 0.1) is 5.82 Å². The first kappa shape index (κ1) is 17.4. The van der Waals surface area contributed by atoms with Gasteiger partial charge in [0.1, 0.15) is 11.6 Å². The van der Waals surface area contributed by atoms with E-state index in [0.29, 0.717) is 18.8 Å². The van der Waals surface area contributed by atoms with E-state index in [1.54, 1.807) is 13.8 Å². The van der Waals surface area contributed by atoms with Crippen LogP contribution in [-0.4, -0.2) is 43.0 Å². The number of carbonyl (C=O) groups is 1. The van der Waals surface area contributed by atoms with Crippen molar-refractivity contribution in [2.24, 2.45) is 0 Å². The van der Waals surface area contributed by atoms with Gasteiger partial charge in [-0.1, -0.05) is 0 Å². The Bertz CT molecular complexity index is 441. The summed E-state index contributed by atoms with van der Waals surface area (Å²) in [5.41, 5.74) is -1.13. The molecule has 1 rings (SSSR count). The number of rotatable bonds is 8. The molecule has 0 spiro atoms. The van der Waals surface area contributed by atoms with Gasteiger partial charge in [0, 0.05) is 13.7 Å². The zero-order valence-corrected chi connectivity index (χ0v) is 12.6. The molecule has 5 nitrogen and oxygen atoms in total. The van der Waals surface area contributed by atoms with Crippen LogP contribution in [0.15, 0.2) is 24.3 Å². The molecule has 6 heteroatoms. The molecule has 0 aliphatic carbocycles. The van der Waals surface area contributed by atoms with Crippen LogP contribution in [-0.2, 0) is 9.53 Å². The lowest BCUT2D eigenvalue weighted by Crippen LogP contribution is -2.51. The van der Waals surface area contributed by atoms with Gasteiger partial charge in [-0.05, 0) is 44.5 Å². The largest absolute Gasteiger partial charge is 0.478 e. The average molecular weight is 299 g/mol. The smallest absolute Gasteiger partial charge is 0.263 e. The van der Waals surface area contributed by atoms with E-state index in [4.69, 9.17) is 14.6 Å². The van der Waals surface area contributed by atoms with E-state index in [1.165, 1.54) is 31.4 Å². The van der Waals surface area contributed by atoms with Gasteiger partial charge >= 0.3 is 0 Å². The monoisotopic (exact) mass is 299 g/mol. The van der Waals surface area contributed by atoms with Crippen LogP contribution in [0.25, 0.3) is 0 Å². The lowest BCUT2D eigenvalue weighted by Gasteiger charge is -2.28. The van der Waals surface area contributed by atoms with Gasteiger partial charge in [-0.2, -0.15) is 0 Å². The van der Waals surface area contributed by atoms with Gasteiger partial charge in [-0.15, -0.1) is 0 Å². The molecule has 0 aromatic heterocycles. The number of benzene rings is 1. The molecule has 1 unspecified atom stereocenters. The lowest BCUT2D eigenvalue weighted by atomic mass is 10.1. The summed E-state index contributed by atoms with van der Waals surface area (Å²) in [6.45, 7) is 3.50. The standard InChI is InChI=1S/C15H22FNO4/c1-15(2,21-13-6-4-11(16)5-7-13)14(19)17-12(8-9-18)10-20-3/h4-7,12,18H,8-10H2,1-3H3,(H,17,19). The normalized spacial score (nSPS) is 12.8. The minimum atomic E-state index is -1.13. The molecule has 0 aliphatic heterocycles. The third-order valence-electron chi connectivity index (χ3n) is 2.91. The van der Waals surface area contributed by atoms with Gasteiger partial charge in [0.25, 0.3) is 5.91 Å². The van der Waals surface area contributed by atoms with Gasteiger partial charge in [0.05, 0.1) is 12.6 Å². The number of ether oxygens (including phenoxy) is 2. The van der Waals surface area contributed by atoms with Crippen LogP contribution >= 0.6 is 0 Å². The van der Waals surface area contributed by atoms with Crippen LogP contribution < -0.4 is 10.1 Å². The number of methoxy groups -OCH3 is 1. The van der Waals surface area contributed by atoms with Crippen molar-refractivity contribution in [1.29, 1.82) is 0 Å². The van der Waals surface area contributed by atoms with Crippen molar-refractivity contribution in [3.8, 4) is 5.75 Å². The first-order valence-corrected chi connectivity index (χ1v) is 6.74. The molecule has 1 aromatic carbocycles. The third kappa shape index (κ3) is 5.69. The Morgan fingerprint density at radius 1 is 1.38 bits per heavy atom. The molecule has 1 aromatic rings. The van der Waals surface area contributed by atoms with Crippen molar-refractivity contribution < 1.29 is 23.8 Å². The van der Waals surface area contributed by atoms with E-state index in [9.17, 15) is 9.18 Å². The molecule has 0 saturated heterocycles. The van der Waals surface area contributed by atoms with Crippen LogP contribution in [0.1, 0.15) is 20.3 Å². The topological polar surface area (TPSA) is 67.8 Å². The Hall–Kier alpha value is -1.66. The fraction of sp³-hybridized carbons (Fsp3) is 0.533. The minimum Gasteiger partial charge on any atom is -0.478 e. The fourth-order valence-corrected chi connectivity index (χ4v) is 1.76. The van der Waals surface area contributed by atoms with Crippen molar-refractivity contribution >= 4 is 5.91 Å². The second-order valence-electron chi connectivity index (χ2n) is 5.20. The molecule has 1 amide bonds. The molecule has 1 atom stereocenters. The molecule has 2 N–H and O–H groups in total. The Kier molecular flexibility index (Phi) is 6.58. The highest BCUT2D eigenvalue weighted by Gasteiger charge is 2.31. The number of aliphatic hydroxyl groups is 1. The summed E-state index contributed by atoms with van der Waals surface area (Å²) in [6, 6.07) is 5.17. The number of hydrogen-bond donors (Lipinski definition) is 2. The number of amides is 1. The van der Waals surface area contributed by atoms with Crippen LogP contribution in [0.4, 0.5) is 4.39 Å². The number of nitrogens with one attached hydrogen (secondary N) is 1. The van der Waals surface area contributed by atoms with Crippen molar-refractivity contribution in [3.05, 3.63) is 30.1 Å². The Labute approximate surface area is 124 Å². The summed E-state index contributed by atoms with van der Waals surface area (Å²) in [6.07, 6.45) is 0.395. The minimum absolute atomic E-state index is 0.0481. The second-order valence-corrected chi connectivity index (χ2v) is 5.20. The lowest BCUT2D eigenvalue weighted by molar-refractivity contribution is -0.135. The van der Waals surface area contributed by atoms with E-state index in [0.717, 1.165) is 0 Å². The molecule has 0 saturated carbocycles. The highest BCUT2D eigenvalue weighted by atomic mass is 19.1. The van der Waals surface area contributed by atoms with E-state index in [-0.39, 0.29) is 24.4 Å². The van der Waals surface area contributed by atoms with Gasteiger partial charge in [-0.25, -0.2) is 4.39 Å². The number of halogens is 1. The number of hydrogen-bond acceptors (Lipinski definition) is 4. The maximum absolute atomic E-state index is 12.8. The molecule has 0 bridgehead atoms. The summed E-state index contributed by atoms with van der Waals surface area (Å²) in [7, 11) is 1.52. The summed E-state index contributed by atoms with van der Waals surface area (Å²) in [4.78, 5) is 12.2. The van der Waals surface area contributed by atoms with Crippen molar-refractivity contribution in [2.75, 3.05) is 20.3 Å². The highest BCUT2D eigenvalue weighted by Crippen LogP contribution is 2.19. The van der Waals surface area contributed by atoms with Crippen molar-refractivity contribution in [1.82, 2.24) is 5.32 Å². The Morgan fingerprint density at radius 2 is 2.00 bits per heavy atom. The van der Waals surface area contributed by atoms with Crippen LogP contribution in [0.3, 0.4) is 0 Å². The maximum atomic E-state index is 12.8. The predicted molar refractivity (Wildman–Crippen MR) is 76.6 cm³/mol. The Morgan fingerprint density at radius 3 is 2.52 bits per heavy atom. The first-order chi connectivity index (χ1) is 9.89. The number of aliphatic hydroxyl groups excluding tert-OH is 1. The van der Waals surface area contributed by atoms with Crippen molar-refractivity contribution in [3.63, 3.8) is 0 Å². The van der Waals surface area contributed by atoms with E-state index < -0.39 is 5.60 Å². The average Bonchev–Trinajstić information content (AvgIpc) is 2.41. The Balaban J connectivity index is 2.66. The molecular formula is C15H22FNO4. The fourth-order valence-electron chi connectivity index (χ4n) is 1.76. The zero-order valence-electron chi connectivity index (χ0n) is 12.6. The van der Waals surface area contributed by atoms with E-state index >= 15 is 0 Å². The quantitative estimate of drug-likeness (QED) is 0.763. The van der Waals surface area contributed by atoms with Gasteiger partial charge in [0.15, 0.2) is 5.60 Å².